The monoisotopic (exact) mass is 238 g/mol. The van der Waals surface area contributed by atoms with Gasteiger partial charge in [0.2, 0.25) is 0 Å². The number of carbonyl (C=O) groups excluding carboxylic acids is 1. The summed E-state index contributed by atoms with van der Waals surface area (Å²) < 4.78 is 12.9. The highest BCUT2D eigenvalue weighted by Crippen LogP contribution is 2.11. The van der Waals surface area contributed by atoms with Crippen molar-refractivity contribution in [3.63, 3.8) is 0 Å². The summed E-state index contributed by atoms with van der Waals surface area (Å²) in [7, 11) is 0. The molecule has 94 valence electrons. The van der Waals surface area contributed by atoms with E-state index in [2.05, 4.69) is 5.32 Å². The first-order valence-corrected chi connectivity index (χ1v) is 5.72. The first-order valence-electron chi connectivity index (χ1n) is 5.72. The molecule has 3 nitrogen and oxygen atoms in total. The Labute approximate surface area is 101 Å². The molecule has 0 heterocycles. The van der Waals surface area contributed by atoms with E-state index >= 15 is 0 Å². The maximum absolute atomic E-state index is 12.9. The van der Waals surface area contributed by atoms with Gasteiger partial charge < -0.3 is 11.1 Å². The van der Waals surface area contributed by atoms with Crippen molar-refractivity contribution in [2.75, 3.05) is 6.54 Å². The average molecular weight is 238 g/mol. The van der Waals surface area contributed by atoms with Crippen LogP contribution in [0.3, 0.4) is 0 Å². The number of nitrogens with one attached hydrogen (secondary N) is 1. The summed E-state index contributed by atoms with van der Waals surface area (Å²) >= 11 is 0. The van der Waals surface area contributed by atoms with E-state index in [0.29, 0.717) is 17.7 Å². The van der Waals surface area contributed by atoms with Crippen molar-refractivity contribution in [2.24, 2.45) is 11.7 Å². The molecule has 0 aliphatic carbocycles. The lowest BCUT2D eigenvalue weighted by atomic mass is 10.0. The number of carbonyl (C=O) groups is 1. The van der Waals surface area contributed by atoms with E-state index in [9.17, 15) is 9.18 Å². The Kier molecular flexibility index (Phi) is 4.63. The number of hydrogen-bond donors (Lipinski definition) is 2. The molecule has 0 aliphatic heterocycles. The van der Waals surface area contributed by atoms with Crippen LogP contribution < -0.4 is 11.1 Å². The van der Waals surface area contributed by atoms with Gasteiger partial charge in [-0.25, -0.2) is 4.39 Å². The van der Waals surface area contributed by atoms with E-state index in [0.717, 1.165) is 0 Å². The van der Waals surface area contributed by atoms with Crippen LogP contribution in [0.1, 0.15) is 29.8 Å². The zero-order valence-electron chi connectivity index (χ0n) is 10.5. The summed E-state index contributed by atoms with van der Waals surface area (Å²) in [6.07, 6.45) is 0. The van der Waals surface area contributed by atoms with Crippen LogP contribution in [-0.4, -0.2) is 18.5 Å². The molecule has 4 heteroatoms. The Morgan fingerprint density at radius 2 is 2.12 bits per heavy atom. The zero-order chi connectivity index (χ0) is 13.0. The Balaban J connectivity index is 2.76. The summed E-state index contributed by atoms with van der Waals surface area (Å²) in [6.45, 7) is 6.12. The summed E-state index contributed by atoms with van der Waals surface area (Å²) in [6, 6.07) is 4.14. The SMILES string of the molecule is Cc1cc(F)ccc1C(=O)NC(C)C(C)CN. The molecule has 0 saturated carbocycles. The van der Waals surface area contributed by atoms with Crippen molar-refractivity contribution in [1.29, 1.82) is 0 Å². The maximum Gasteiger partial charge on any atom is 0.251 e. The van der Waals surface area contributed by atoms with Crippen molar-refractivity contribution < 1.29 is 9.18 Å². The zero-order valence-corrected chi connectivity index (χ0v) is 10.5. The summed E-state index contributed by atoms with van der Waals surface area (Å²) in [4.78, 5) is 11.9. The highest BCUT2D eigenvalue weighted by molar-refractivity contribution is 5.95. The number of benzene rings is 1. The van der Waals surface area contributed by atoms with E-state index in [1.165, 1.54) is 18.2 Å². The number of rotatable bonds is 4. The molecule has 1 amide bonds. The smallest absolute Gasteiger partial charge is 0.251 e. The van der Waals surface area contributed by atoms with Gasteiger partial charge in [0.05, 0.1) is 0 Å². The van der Waals surface area contributed by atoms with Crippen LogP contribution in [0.4, 0.5) is 4.39 Å². The lowest BCUT2D eigenvalue weighted by molar-refractivity contribution is 0.0929. The molecule has 0 bridgehead atoms. The Hall–Kier alpha value is -1.42. The molecule has 2 atom stereocenters. The molecule has 1 aromatic rings. The standard InChI is InChI=1S/C13H19FN2O/c1-8-6-11(14)4-5-12(8)13(17)16-10(3)9(2)7-15/h4-6,9-10H,7,15H2,1-3H3,(H,16,17). The molecule has 0 spiro atoms. The first kappa shape index (κ1) is 13.6. The van der Waals surface area contributed by atoms with Gasteiger partial charge in [-0.05, 0) is 50.1 Å². The van der Waals surface area contributed by atoms with Gasteiger partial charge in [0.1, 0.15) is 5.82 Å². The Morgan fingerprint density at radius 3 is 2.65 bits per heavy atom. The van der Waals surface area contributed by atoms with Gasteiger partial charge >= 0.3 is 0 Å². The molecule has 1 aromatic carbocycles. The van der Waals surface area contributed by atoms with Crippen LogP contribution in [0.2, 0.25) is 0 Å². The highest BCUT2D eigenvalue weighted by atomic mass is 19.1. The van der Waals surface area contributed by atoms with E-state index in [-0.39, 0.29) is 23.7 Å². The van der Waals surface area contributed by atoms with Crippen molar-refractivity contribution in [3.05, 3.63) is 35.1 Å². The van der Waals surface area contributed by atoms with Crippen LogP contribution in [0, 0.1) is 18.7 Å². The normalized spacial score (nSPS) is 14.2. The van der Waals surface area contributed by atoms with Gasteiger partial charge in [0, 0.05) is 11.6 Å². The third-order valence-corrected chi connectivity index (χ3v) is 3.02. The fourth-order valence-corrected chi connectivity index (χ4v) is 1.51. The van der Waals surface area contributed by atoms with Crippen LogP contribution in [0.15, 0.2) is 18.2 Å². The van der Waals surface area contributed by atoms with E-state index in [1.54, 1.807) is 6.92 Å². The molecule has 0 fully saturated rings. The molecule has 3 N–H and O–H groups in total. The minimum atomic E-state index is -0.331. The fourth-order valence-electron chi connectivity index (χ4n) is 1.51. The minimum absolute atomic E-state index is 0.00282. The molecule has 17 heavy (non-hydrogen) atoms. The molecule has 1 rings (SSSR count). The number of aryl methyl sites for hydroxylation is 1. The highest BCUT2D eigenvalue weighted by Gasteiger charge is 2.16. The lowest BCUT2D eigenvalue weighted by Gasteiger charge is -2.20. The average Bonchev–Trinajstić information content (AvgIpc) is 2.27. The summed E-state index contributed by atoms with van der Waals surface area (Å²) in [5.41, 5.74) is 6.67. The predicted molar refractivity (Wildman–Crippen MR) is 66.3 cm³/mol. The van der Waals surface area contributed by atoms with Crippen molar-refractivity contribution in [3.8, 4) is 0 Å². The topological polar surface area (TPSA) is 55.1 Å². The van der Waals surface area contributed by atoms with E-state index < -0.39 is 0 Å². The third kappa shape index (κ3) is 3.53. The van der Waals surface area contributed by atoms with Crippen LogP contribution in [-0.2, 0) is 0 Å². The van der Waals surface area contributed by atoms with Crippen molar-refractivity contribution in [1.82, 2.24) is 5.32 Å². The van der Waals surface area contributed by atoms with Crippen molar-refractivity contribution >= 4 is 5.91 Å². The van der Waals surface area contributed by atoms with Gasteiger partial charge in [0.15, 0.2) is 0 Å². The number of amides is 1. The number of hydrogen-bond acceptors (Lipinski definition) is 2. The van der Waals surface area contributed by atoms with Crippen LogP contribution >= 0.6 is 0 Å². The quantitative estimate of drug-likeness (QED) is 0.841. The Morgan fingerprint density at radius 1 is 1.47 bits per heavy atom. The van der Waals surface area contributed by atoms with Crippen molar-refractivity contribution in [2.45, 2.75) is 26.8 Å². The Bertz CT molecular complexity index is 406. The molecule has 0 aromatic heterocycles. The second-order valence-electron chi connectivity index (χ2n) is 4.43. The van der Waals surface area contributed by atoms with Gasteiger partial charge in [-0.2, -0.15) is 0 Å². The molecule has 2 unspecified atom stereocenters. The fraction of sp³-hybridized carbons (Fsp3) is 0.462. The molecule has 0 aliphatic rings. The second-order valence-corrected chi connectivity index (χ2v) is 4.43. The molecule has 0 saturated heterocycles. The summed E-state index contributed by atoms with van der Waals surface area (Å²) in [5.74, 6) is -0.308. The first-order chi connectivity index (χ1) is 7.95. The van der Waals surface area contributed by atoms with E-state index in [1.807, 2.05) is 13.8 Å². The maximum atomic E-state index is 12.9. The number of halogens is 1. The van der Waals surface area contributed by atoms with Gasteiger partial charge in [-0.15, -0.1) is 0 Å². The lowest BCUT2D eigenvalue weighted by Crippen LogP contribution is -2.39. The van der Waals surface area contributed by atoms with Crippen LogP contribution in [0.5, 0.6) is 0 Å². The van der Waals surface area contributed by atoms with E-state index in [4.69, 9.17) is 5.73 Å². The molecule has 0 radical (unpaired) electrons. The minimum Gasteiger partial charge on any atom is -0.349 e. The summed E-state index contributed by atoms with van der Waals surface area (Å²) in [5, 5.41) is 2.87. The van der Waals surface area contributed by atoms with Gasteiger partial charge in [-0.3, -0.25) is 4.79 Å². The third-order valence-electron chi connectivity index (χ3n) is 3.02. The number of nitrogens with two attached hydrogens (primary N) is 1. The van der Waals surface area contributed by atoms with Crippen LogP contribution in [0.25, 0.3) is 0 Å². The molecular formula is C13H19FN2O. The predicted octanol–water partition coefficient (Wildman–Crippen LogP) is 1.85. The van der Waals surface area contributed by atoms with Gasteiger partial charge in [-0.1, -0.05) is 6.92 Å². The molecular weight excluding hydrogens is 219 g/mol. The second kappa shape index (κ2) is 5.77. The van der Waals surface area contributed by atoms with Gasteiger partial charge in [0.25, 0.3) is 5.91 Å². The largest absolute Gasteiger partial charge is 0.349 e.